The van der Waals surface area contributed by atoms with Crippen LogP contribution in [0.15, 0.2) is 48.5 Å². The van der Waals surface area contributed by atoms with Gasteiger partial charge in [-0.15, -0.1) is 0 Å². The second-order valence-electron chi connectivity index (χ2n) is 9.00. The molecule has 0 aliphatic heterocycles. The Balaban J connectivity index is 1.35. The van der Waals surface area contributed by atoms with Crippen molar-refractivity contribution in [2.45, 2.75) is 64.9 Å². The molecule has 0 unspecified atom stereocenters. The summed E-state index contributed by atoms with van der Waals surface area (Å²) in [5.74, 6) is 0. The van der Waals surface area contributed by atoms with Crippen molar-refractivity contribution in [2.75, 3.05) is 18.4 Å². The van der Waals surface area contributed by atoms with E-state index in [9.17, 15) is 4.79 Å². The lowest BCUT2D eigenvalue weighted by molar-refractivity contribution is 0.0527. The van der Waals surface area contributed by atoms with Gasteiger partial charge in [-0.3, -0.25) is 0 Å². The van der Waals surface area contributed by atoms with Crippen LogP contribution in [-0.4, -0.2) is 29.8 Å². The van der Waals surface area contributed by atoms with E-state index in [1.54, 1.807) is 0 Å². The van der Waals surface area contributed by atoms with Crippen LogP contribution >= 0.6 is 0 Å². The largest absolute Gasteiger partial charge is 0.444 e. The van der Waals surface area contributed by atoms with Gasteiger partial charge in [0.1, 0.15) is 5.60 Å². The molecule has 2 N–H and O–H groups in total. The number of unbranched alkanes of at least 4 members (excludes halogenated alkanes) is 5. The maximum Gasteiger partial charge on any atom is 0.407 e. The molecule has 1 aromatic heterocycles. The van der Waals surface area contributed by atoms with E-state index in [0.717, 1.165) is 36.8 Å². The molecule has 0 spiro atoms. The monoisotopic (exact) mass is 421 g/mol. The summed E-state index contributed by atoms with van der Waals surface area (Å²) in [5, 5.41) is 8.85. The minimum absolute atomic E-state index is 0.324. The van der Waals surface area contributed by atoms with E-state index in [1.165, 1.54) is 35.7 Å². The number of hydrogen-bond donors (Lipinski definition) is 2. The van der Waals surface area contributed by atoms with Gasteiger partial charge in [0, 0.05) is 23.9 Å². The number of hydrogen-bond acceptors (Lipinski definition) is 4. The smallest absolute Gasteiger partial charge is 0.407 e. The van der Waals surface area contributed by atoms with Crippen LogP contribution in [-0.2, 0) is 4.74 Å². The van der Waals surface area contributed by atoms with Gasteiger partial charge in [0.15, 0.2) is 0 Å². The van der Waals surface area contributed by atoms with Crippen LogP contribution in [0.4, 0.5) is 10.5 Å². The number of benzene rings is 2. The summed E-state index contributed by atoms with van der Waals surface area (Å²) in [4.78, 5) is 16.4. The quantitative estimate of drug-likeness (QED) is 0.284. The molecule has 5 nitrogen and oxygen atoms in total. The maximum atomic E-state index is 11.6. The lowest BCUT2D eigenvalue weighted by Crippen LogP contribution is -2.32. The zero-order valence-corrected chi connectivity index (χ0v) is 19.0. The Bertz CT molecular complexity index is 941. The molecular weight excluding hydrogens is 386 g/mol. The van der Waals surface area contributed by atoms with Crippen LogP contribution in [0.5, 0.6) is 0 Å². The summed E-state index contributed by atoms with van der Waals surface area (Å²) in [6.45, 7) is 7.26. The molecule has 2 aromatic carbocycles. The predicted molar refractivity (Wildman–Crippen MR) is 130 cm³/mol. The zero-order valence-electron chi connectivity index (χ0n) is 19.0. The fourth-order valence-corrected chi connectivity index (χ4v) is 3.71. The van der Waals surface area contributed by atoms with E-state index in [1.807, 2.05) is 32.9 Å². The minimum atomic E-state index is -0.438. The lowest BCUT2D eigenvalue weighted by atomic mass is 10.1. The first-order chi connectivity index (χ1) is 14.9. The predicted octanol–water partition coefficient (Wildman–Crippen LogP) is 6.67. The number of amides is 1. The molecule has 1 heterocycles. The van der Waals surface area contributed by atoms with Gasteiger partial charge in [0.05, 0.1) is 16.7 Å². The molecule has 166 valence electrons. The van der Waals surface area contributed by atoms with E-state index in [4.69, 9.17) is 9.72 Å². The van der Waals surface area contributed by atoms with Crippen LogP contribution in [0, 0.1) is 0 Å². The van der Waals surface area contributed by atoms with Gasteiger partial charge in [0.25, 0.3) is 0 Å². The number of para-hydroxylation sites is 2. The van der Waals surface area contributed by atoms with Crippen molar-refractivity contribution in [1.29, 1.82) is 0 Å². The number of aromatic nitrogens is 1. The first-order valence-electron chi connectivity index (χ1n) is 11.4. The first-order valence-corrected chi connectivity index (χ1v) is 11.4. The Morgan fingerprint density at radius 1 is 0.806 bits per heavy atom. The second-order valence-corrected chi connectivity index (χ2v) is 9.00. The van der Waals surface area contributed by atoms with Gasteiger partial charge in [-0.1, -0.05) is 62.1 Å². The molecule has 0 fully saturated rings. The third-order valence-electron chi connectivity index (χ3n) is 5.16. The number of anilines is 1. The Morgan fingerprint density at radius 3 is 1.90 bits per heavy atom. The minimum Gasteiger partial charge on any atom is -0.444 e. The van der Waals surface area contributed by atoms with E-state index < -0.39 is 5.60 Å². The lowest BCUT2D eigenvalue weighted by Gasteiger charge is -2.19. The summed E-state index contributed by atoms with van der Waals surface area (Å²) < 4.78 is 5.24. The van der Waals surface area contributed by atoms with Gasteiger partial charge in [0.2, 0.25) is 0 Å². The molecule has 31 heavy (non-hydrogen) atoms. The van der Waals surface area contributed by atoms with Crippen LogP contribution in [0.25, 0.3) is 21.8 Å². The highest BCUT2D eigenvalue weighted by molar-refractivity contribution is 6.07. The maximum absolute atomic E-state index is 11.6. The molecule has 0 saturated carbocycles. The third kappa shape index (κ3) is 7.12. The SMILES string of the molecule is CC(C)(C)OC(=O)NCCCCCCCCNc1c2ccccc2nc2ccccc12. The summed E-state index contributed by atoms with van der Waals surface area (Å²) in [6, 6.07) is 16.7. The third-order valence-corrected chi connectivity index (χ3v) is 5.16. The topological polar surface area (TPSA) is 63.2 Å². The molecule has 0 bridgehead atoms. The molecule has 0 radical (unpaired) electrons. The van der Waals surface area contributed by atoms with Crippen molar-refractivity contribution in [3.8, 4) is 0 Å². The van der Waals surface area contributed by atoms with Crippen molar-refractivity contribution in [3.05, 3.63) is 48.5 Å². The van der Waals surface area contributed by atoms with Gasteiger partial charge in [-0.05, 0) is 45.7 Å². The molecular formula is C26H35N3O2. The van der Waals surface area contributed by atoms with E-state index in [2.05, 4.69) is 47.0 Å². The van der Waals surface area contributed by atoms with E-state index in [0.29, 0.717) is 6.54 Å². The Labute approximate surface area is 185 Å². The first kappa shape index (κ1) is 22.9. The molecule has 0 aliphatic rings. The van der Waals surface area contributed by atoms with Gasteiger partial charge < -0.3 is 15.4 Å². The van der Waals surface area contributed by atoms with E-state index in [-0.39, 0.29) is 6.09 Å². The number of nitrogens with one attached hydrogen (secondary N) is 2. The molecule has 0 atom stereocenters. The fraction of sp³-hybridized carbons (Fsp3) is 0.462. The molecule has 5 heteroatoms. The van der Waals surface area contributed by atoms with Crippen LogP contribution in [0.3, 0.4) is 0 Å². The van der Waals surface area contributed by atoms with Crippen molar-refractivity contribution in [1.82, 2.24) is 10.3 Å². The van der Waals surface area contributed by atoms with Crippen LogP contribution < -0.4 is 10.6 Å². The normalized spacial score (nSPS) is 11.6. The average Bonchev–Trinajstić information content (AvgIpc) is 2.73. The Kier molecular flexibility index (Phi) is 8.10. The number of fused-ring (bicyclic) bond motifs is 2. The Hall–Kier alpha value is -2.82. The van der Waals surface area contributed by atoms with Gasteiger partial charge in [-0.2, -0.15) is 0 Å². The van der Waals surface area contributed by atoms with Crippen molar-refractivity contribution in [3.63, 3.8) is 0 Å². The summed E-state index contributed by atoms with van der Waals surface area (Å²) >= 11 is 0. The highest BCUT2D eigenvalue weighted by Crippen LogP contribution is 2.30. The second kappa shape index (κ2) is 11.0. The molecule has 0 saturated heterocycles. The highest BCUT2D eigenvalue weighted by atomic mass is 16.6. The van der Waals surface area contributed by atoms with Crippen LogP contribution in [0.1, 0.15) is 59.3 Å². The number of rotatable bonds is 10. The zero-order chi connectivity index (χ0) is 22.1. The average molecular weight is 422 g/mol. The summed E-state index contributed by atoms with van der Waals surface area (Å²) in [5.41, 5.74) is 2.81. The number of carbonyl (C=O) groups is 1. The van der Waals surface area contributed by atoms with Gasteiger partial charge in [-0.25, -0.2) is 9.78 Å². The summed E-state index contributed by atoms with van der Waals surface area (Å²) in [7, 11) is 0. The fourth-order valence-electron chi connectivity index (χ4n) is 3.71. The molecule has 1 amide bonds. The van der Waals surface area contributed by atoms with Gasteiger partial charge >= 0.3 is 6.09 Å². The number of alkyl carbamates (subject to hydrolysis) is 1. The van der Waals surface area contributed by atoms with Crippen LogP contribution in [0.2, 0.25) is 0 Å². The van der Waals surface area contributed by atoms with Crippen molar-refractivity contribution in [2.24, 2.45) is 0 Å². The number of ether oxygens (including phenoxy) is 1. The van der Waals surface area contributed by atoms with Crippen molar-refractivity contribution < 1.29 is 9.53 Å². The molecule has 3 rings (SSSR count). The highest BCUT2D eigenvalue weighted by Gasteiger charge is 2.15. The Morgan fingerprint density at radius 2 is 1.32 bits per heavy atom. The number of carbonyl (C=O) groups excluding carboxylic acids is 1. The molecule has 3 aromatic rings. The van der Waals surface area contributed by atoms with E-state index >= 15 is 0 Å². The number of pyridine rings is 1. The summed E-state index contributed by atoms with van der Waals surface area (Å²) in [6.07, 6.45) is 6.54. The molecule has 0 aliphatic carbocycles. The standard InChI is InChI=1S/C26H35N3O2/c1-26(2,3)31-25(30)28-19-13-7-5-4-6-12-18-27-24-20-14-8-10-16-22(20)29-23-17-11-9-15-21(23)24/h8-11,14-17H,4-7,12-13,18-19H2,1-3H3,(H,27,29)(H,28,30). The van der Waals surface area contributed by atoms with Crippen molar-refractivity contribution >= 4 is 33.6 Å². The number of nitrogens with zero attached hydrogens (tertiary/aromatic N) is 1.